The van der Waals surface area contributed by atoms with Gasteiger partial charge in [-0.2, -0.15) is 0 Å². The van der Waals surface area contributed by atoms with E-state index in [9.17, 15) is 14.7 Å². The molecule has 0 aliphatic heterocycles. The van der Waals surface area contributed by atoms with Crippen molar-refractivity contribution in [2.75, 3.05) is 5.32 Å². The van der Waals surface area contributed by atoms with Gasteiger partial charge in [-0.3, -0.25) is 5.32 Å². The molecule has 0 radical (unpaired) electrons. The van der Waals surface area contributed by atoms with Crippen molar-refractivity contribution in [3.63, 3.8) is 0 Å². The highest BCUT2D eigenvalue weighted by Gasteiger charge is 2.32. The summed E-state index contributed by atoms with van der Waals surface area (Å²) >= 11 is 0. The van der Waals surface area contributed by atoms with E-state index >= 15 is 0 Å². The van der Waals surface area contributed by atoms with E-state index in [2.05, 4.69) is 5.32 Å². The number of hydrogen-bond donors (Lipinski definition) is 3. The molecule has 2 rings (SSSR count). The van der Waals surface area contributed by atoms with Crippen LogP contribution in [0, 0.1) is 5.41 Å². The number of amides is 1. The zero-order valence-corrected chi connectivity index (χ0v) is 14.5. The molecule has 6 nitrogen and oxygen atoms in total. The van der Waals surface area contributed by atoms with Gasteiger partial charge in [0.05, 0.1) is 0 Å². The lowest BCUT2D eigenvalue weighted by Gasteiger charge is -2.31. The second-order valence-electron chi connectivity index (χ2n) is 6.36. The van der Waals surface area contributed by atoms with Crippen LogP contribution in [0.5, 0.6) is 5.75 Å². The number of phenols is 1. The first-order valence-electron chi connectivity index (χ1n) is 8.02. The summed E-state index contributed by atoms with van der Waals surface area (Å²) in [4.78, 5) is 23.2. The molecule has 6 heteroatoms. The molecule has 1 amide bonds. The van der Waals surface area contributed by atoms with E-state index in [1.54, 1.807) is 50.2 Å². The Morgan fingerprint density at radius 1 is 1.08 bits per heavy atom. The van der Waals surface area contributed by atoms with Gasteiger partial charge in [-0.25, -0.2) is 9.59 Å². The summed E-state index contributed by atoms with van der Waals surface area (Å²) in [7, 11) is 0. The van der Waals surface area contributed by atoms with E-state index in [0.717, 1.165) is 6.08 Å². The van der Waals surface area contributed by atoms with Gasteiger partial charge < -0.3 is 14.9 Å². The lowest BCUT2D eigenvalue weighted by atomic mass is 9.82. The number of anilines is 1. The topological polar surface area (TPSA) is 95.9 Å². The van der Waals surface area contributed by atoms with Crippen LogP contribution in [0.25, 0.3) is 0 Å². The highest BCUT2D eigenvalue weighted by Crippen LogP contribution is 2.38. The molecule has 0 unspecified atom stereocenters. The number of carboxylic acids is 1. The van der Waals surface area contributed by atoms with E-state index < -0.39 is 23.6 Å². The summed E-state index contributed by atoms with van der Waals surface area (Å²) in [6.07, 6.45) is 1.07. The van der Waals surface area contributed by atoms with Gasteiger partial charge >= 0.3 is 12.1 Å². The van der Waals surface area contributed by atoms with Crippen molar-refractivity contribution < 1.29 is 24.5 Å². The van der Waals surface area contributed by atoms with Crippen molar-refractivity contribution in [2.24, 2.45) is 5.41 Å². The molecule has 0 aromatic heterocycles. The Morgan fingerprint density at radius 2 is 1.69 bits per heavy atom. The minimum absolute atomic E-state index is 0.0834. The van der Waals surface area contributed by atoms with Crippen molar-refractivity contribution in [3.05, 3.63) is 72.3 Å². The van der Waals surface area contributed by atoms with Crippen LogP contribution >= 0.6 is 0 Å². The number of benzene rings is 2. The fourth-order valence-electron chi connectivity index (χ4n) is 2.45. The van der Waals surface area contributed by atoms with Crippen molar-refractivity contribution in [2.45, 2.75) is 20.0 Å². The van der Waals surface area contributed by atoms with Crippen LogP contribution in [0.4, 0.5) is 10.5 Å². The summed E-state index contributed by atoms with van der Waals surface area (Å²) in [6.45, 7) is 3.53. The standard InChI is InChI=1S/C20H21NO5/c1-20(2,13-12-17(23)24)18(14-8-10-16(22)11-9-14)26-19(25)21-15-6-4-3-5-7-15/h3-13,18,22H,1-2H3,(H,21,25)(H,23,24)/b13-12+/t18-/m1/s1. The number of carbonyl (C=O) groups excluding carboxylic acids is 1. The molecule has 0 aliphatic rings. The number of aliphatic carboxylic acids is 1. The van der Waals surface area contributed by atoms with Crippen LogP contribution in [-0.2, 0) is 9.53 Å². The fourth-order valence-corrected chi connectivity index (χ4v) is 2.45. The van der Waals surface area contributed by atoms with Crippen LogP contribution in [0.15, 0.2) is 66.7 Å². The number of ether oxygens (including phenoxy) is 1. The van der Waals surface area contributed by atoms with Gasteiger partial charge in [0.1, 0.15) is 11.9 Å². The van der Waals surface area contributed by atoms with Gasteiger partial charge in [0, 0.05) is 17.2 Å². The van der Waals surface area contributed by atoms with E-state index in [4.69, 9.17) is 9.84 Å². The Morgan fingerprint density at radius 3 is 2.27 bits per heavy atom. The third-order valence-electron chi connectivity index (χ3n) is 3.77. The predicted molar refractivity (Wildman–Crippen MR) is 98.0 cm³/mol. The average molecular weight is 355 g/mol. The smallest absolute Gasteiger partial charge is 0.412 e. The van der Waals surface area contributed by atoms with Gasteiger partial charge in [0.15, 0.2) is 0 Å². The molecule has 136 valence electrons. The maximum absolute atomic E-state index is 12.3. The number of aromatic hydroxyl groups is 1. The molecule has 0 aliphatic carbocycles. The molecule has 0 bridgehead atoms. The molecule has 26 heavy (non-hydrogen) atoms. The molecular weight excluding hydrogens is 334 g/mol. The number of hydrogen-bond acceptors (Lipinski definition) is 4. The monoisotopic (exact) mass is 355 g/mol. The first-order chi connectivity index (χ1) is 12.3. The third kappa shape index (κ3) is 5.37. The van der Waals surface area contributed by atoms with Gasteiger partial charge in [-0.1, -0.05) is 50.3 Å². The van der Waals surface area contributed by atoms with Crippen LogP contribution in [0.1, 0.15) is 25.5 Å². The van der Waals surface area contributed by atoms with Crippen LogP contribution < -0.4 is 5.32 Å². The lowest BCUT2D eigenvalue weighted by Crippen LogP contribution is -2.27. The second kappa shape index (κ2) is 8.20. The minimum atomic E-state index is -1.09. The highest BCUT2D eigenvalue weighted by atomic mass is 16.6. The Balaban J connectivity index is 2.26. The van der Waals surface area contributed by atoms with Crippen LogP contribution in [-0.4, -0.2) is 22.3 Å². The number of phenolic OH excluding ortho intramolecular Hbond substituents is 1. The molecule has 0 saturated carbocycles. The first-order valence-corrected chi connectivity index (χ1v) is 8.02. The van der Waals surface area contributed by atoms with Gasteiger partial charge in [0.2, 0.25) is 0 Å². The van der Waals surface area contributed by atoms with Crippen molar-refractivity contribution in [3.8, 4) is 5.75 Å². The maximum Gasteiger partial charge on any atom is 0.412 e. The molecular formula is C20H21NO5. The predicted octanol–water partition coefficient (Wildman–Crippen LogP) is 4.35. The Bertz CT molecular complexity index is 782. The Labute approximate surface area is 151 Å². The number of nitrogens with one attached hydrogen (secondary N) is 1. The molecule has 2 aromatic carbocycles. The second-order valence-corrected chi connectivity index (χ2v) is 6.36. The van der Waals surface area contributed by atoms with Crippen molar-refractivity contribution in [1.29, 1.82) is 0 Å². The van der Waals surface area contributed by atoms with E-state index in [-0.39, 0.29) is 5.75 Å². The van der Waals surface area contributed by atoms with Crippen LogP contribution in [0.2, 0.25) is 0 Å². The number of para-hydroxylation sites is 1. The summed E-state index contributed by atoms with van der Waals surface area (Å²) in [5.41, 5.74) is 0.413. The Kier molecular flexibility index (Phi) is 6.01. The molecule has 0 spiro atoms. The minimum Gasteiger partial charge on any atom is -0.508 e. The van der Waals surface area contributed by atoms with Crippen LogP contribution in [0.3, 0.4) is 0 Å². The van der Waals surface area contributed by atoms with Crippen molar-refractivity contribution in [1.82, 2.24) is 0 Å². The summed E-state index contributed by atoms with van der Waals surface area (Å²) in [5, 5.41) is 21.0. The van der Waals surface area contributed by atoms with E-state index in [0.29, 0.717) is 11.3 Å². The highest BCUT2D eigenvalue weighted by molar-refractivity contribution is 5.84. The quantitative estimate of drug-likeness (QED) is 0.670. The summed E-state index contributed by atoms with van der Waals surface area (Å²) in [5.74, 6) is -1.00. The first kappa shape index (κ1) is 19.1. The average Bonchev–Trinajstić information content (AvgIpc) is 2.60. The Hall–Kier alpha value is -3.28. The maximum atomic E-state index is 12.3. The van der Waals surface area contributed by atoms with Crippen molar-refractivity contribution >= 4 is 17.7 Å². The zero-order valence-electron chi connectivity index (χ0n) is 14.5. The summed E-state index contributed by atoms with van der Waals surface area (Å²) in [6, 6.07) is 15.1. The molecule has 1 atom stereocenters. The lowest BCUT2D eigenvalue weighted by molar-refractivity contribution is -0.131. The molecule has 3 N–H and O–H groups in total. The fraction of sp³-hybridized carbons (Fsp3) is 0.200. The van der Waals surface area contributed by atoms with Gasteiger partial charge in [-0.05, 0) is 29.8 Å². The molecule has 2 aromatic rings. The van der Waals surface area contributed by atoms with E-state index in [1.807, 2.05) is 6.07 Å². The number of rotatable bonds is 6. The van der Waals surface area contributed by atoms with Gasteiger partial charge in [-0.15, -0.1) is 0 Å². The SMILES string of the molecule is CC(C)(/C=C/C(=O)O)[C@H](OC(=O)Nc1ccccc1)c1ccc(O)cc1. The largest absolute Gasteiger partial charge is 0.508 e. The van der Waals surface area contributed by atoms with Gasteiger partial charge in [0.25, 0.3) is 0 Å². The number of carbonyl (C=O) groups is 2. The third-order valence-corrected chi connectivity index (χ3v) is 3.77. The molecule has 0 heterocycles. The normalized spacial score (nSPS) is 12.5. The number of carboxylic acid groups (broad SMARTS) is 1. The van der Waals surface area contributed by atoms with E-state index in [1.165, 1.54) is 18.2 Å². The molecule has 0 saturated heterocycles. The molecule has 0 fully saturated rings. The summed E-state index contributed by atoms with van der Waals surface area (Å²) < 4.78 is 5.60. The zero-order chi connectivity index (χ0) is 19.2.